The van der Waals surface area contributed by atoms with Crippen LogP contribution in [0.3, 0.4) is 0 Å². The second kappa shape index (κ2) is 8.53. The van der Waals surface area contributed by atoms with Crippen molar-refractivity contribution < 1.29 is 19.1 Å². The molecule has 1 heterocycles. The Balaban J connectivity index is 2.16. The summed E-state index contributed by atoms with van der Waals surface area (Å²) >= 11 is 1.49. The minimum Gasteiger partial charge on any atom is -0.497 e. The highest BCUT2D eigenvalue weighted by Gasteiger charge is 2.25. The van der Waals surface area contributed by atoms with E-state index < -0.39 is 6.04 Å². The van der Waals surface area contributed by atoms with Gasteiger partial charge >= 0.3 is 0 Å². The molecular formula is C18H22N2O4S. The molecule has 0 spiro atoms. The minimum atomic E-state index is -0.662. The molecule has 25 heavy (non-hydrogen) atoms. The second-order valence-electron chi connectivity index (χ2n) is 5.80. The molecule has 2 N–H and O–H groups in total. The topological polar surface area (TPSA) is 76.7 Å². The molecule has 2 aromatic rings. The summed E-state index contributed by atoms with van der Waals surface area (Å²) in [6.45, 7) is 3.76. The molecule has 0 radical (unpaired) electrons. The number of benzene rings is 1. The first-order chi connectivity index (χ1) is 11.9. The Morgan fingerprint density at radius 1 is 1.08 bits per heavy atom. The Labute approximate surface area is 151 Å². The van der Waals surface area contributed by atoms with Gasteiger partial charge in [0.05, 0.1) is 19.9 Å². The van der Waals surface area contributed by atoms with Gasteiger partial charge in [-0.3, -0.25) is 9.59 Å². The fraction of sp³-hybridized carbons (Fsp3) is 0.333. The van der Waals surface area contributed by atoms with Crippen molar-refractivity contribution in [3.63, 3.8) is 0 Å². The van der Waals surface area contributed by atoms with E-state index in [1.165, 1.54) is 25.6 Å². The Morgan fingerprint density at radius 2 is 1.72 bits per heavy atom. The molecule has 0 bridgehead atoms. The normalized spacial score (nSPS) is 11.7. The first-order valence-corrected chi connectivity index (χ1v) is 8.76. The second-order valence-corrected chi connectivity index (χ2v) is 6.58. The van der Waals surface area contributed by atoms with Crippen LogP contribution in [-0.4, -0.2) is 32.1 Å². The number of anilines is 1. The number of hydrogen-bond donors (Lipinski definition) is 2. The standard InChI is InChI=1S/C18H22N2O4S/c1-11(2)16(18(22)19-13-5-6-25-10-13)20-17(21)12-7-14(23-3)9-15(8-12)24-4/h5-11,16H,1-4H3,(H,19,22)(H,20,21). The molecule has 2 rings (SSSR count). The summed E-state index contributed by atoms with van der Waals surface area (Å²) < 4.78 is 10.4. The summed E-state index contributed by atoms with van der Waals surface area (Å²) in [5.74, 6) is 0.324. The molecule has 0 fully saturated rings. The first-order valence-electron chi connectivity index (χ1n) is 7.81. The molecule has 1 unspecified atom stereocenters. The van der Waals surface area contributed by atoms with Gasteiger partial charge in [0.1, 0.15) is 17.5 Å². The molecule has 6 nitrogen and oxygen atoms in total. The van der Waals surface area contributed by atoms with Gasteiger partial charge in [-0.1, -0.05) is 13.8 Å². The minimum absolute atomic E-state index is 0.0740. The molecule has 134 valence electrons. The smallest absolute Gasteiger partial charge is 0.252 e. The maximum absolute atomic E-state index is 12.6. The Morgan fingerprint density at radius 3 is 2.20 bits per heavy atom. The Hall–Kier alpha value is -2.54. The van der Waals surface area contributed by atoms with E-state index in [4.69, 9.17) is 9.47 Å². The van der Waals surface area contributed by atoms with Gasteiger partial charge < -0.3 is 20.1 Å². The highest BCUT2D eigenvalue weighted by atomic mass is 32.1. The van der Waals surface area contributed by atoms with E-state index in [1.54, 1.807) is 18.2 Å². The van der Waals surface area contributed by atoms with E-state index in [1.807, 2.05) is 30.7 Å². The molecule has 2 amide bonds. The average Bonchev–Trinajstić information content (AvgIpc) is 3.11. The van der Waals surface area contributed by atoms with Crippen LogP contribution in [0.4, 0.5) is 5.69 Å². The van der Waals surface area contributed by atoms with E-state index >= 15 is 0 Å². The molecule has 0 saturated heterocycles. The zero-order chi connectivity index (χ0) is 18.4. The van der Waals surface area contributed by atoms with Crippen molar-refractivity contribution in [2.24, 2.45) is 5.92 Å². The van der Waals surface area contributed by atoms with Crippen molar-refractivity contribution in [1.29, 1.82) is 0 Å². The summed E-state index contributed by atoms with van der Waals surface area (Å²) in [5, 5.41) is 9.31. The number of thiophene rings is 1. The van der Waals surface area contributed by atoms with Crippen LogP contribution in [0.5, 0.6) is 11.5 Å². The largest absolute Gasteiger partial charge is 0.497 e. The van der Waals surface area contributed by atoms with Crippen molar-refractivity contribution in [3.05, 3.63) is 40.6 Å². The lowest BCUT2D eigenvalue weighted by Gasteiger charge is -2.21. The van der Waals surface area contributed by atoms with Crippen LogP contribution in [-0.2, 0) is 4.79 Å². The van der Waals surface area contributed by atoms with Crippen LogP contribution < -0.4 is 20.1 Å². The van der Waals surface area contributed by atoms with Gasteiger partial charge in [0.15, 0.2) is 0 Å². The summed E-state index contributed by atoms with van der Waals surface area (Å²) in [6.07, 6.45) is 0. The number of rotatable bonds is 7. The highest BCUT2D eigenvalue weighted by molar-refractivity contribution is 7.08. The Kier molecular flexibility index (Phi) is 6.41. The fourth-order valence-corrected chi connectivity index (χ4v) is 2.84. The van der Waals surface area contributed by atoms with Gasteiger partial charge in [0, 0.05) is 17.0 Å². The van der Waals surface area contributed by atoms with E-state index in [-0.39, 0.29) is 17.7 Å². The molecule has 0 aliphatic rings. The van der Waals surface area contributed by atoms with Crippen LogP contribution in [0.2, 0.25) is 0 Å². The van der Waals surface area contributed by atoms with Crippen molar-refractivity contribution >= 4 is 28.8 Å². The molecule has 1 aromatic carbocycles. The SMILES string of the molecule is COc1cc(OC)cc(C(=O)NC(C(=O)Nc2ccsc2)C(C)C)c1. The monoisotopic (exact) mass is 362 g/mol. The van der Waals surface area contributed by atoms with E-state index in [2.05, 4.69) is 10.6 Å². The first kappa shape index (κ1) is 18.8. The van der Waals surface area contributed by atoms with Crippen LogP contribution in [0.25, 0.3) is 0 Å². The van der Waals surface area contributed by atoms with E-state index in [0.29, 0.717) is 17.1 Å². The third-order valence-electron chi connectivity index (χ3n) is 3.64. The van der Waals surface area contributed by atoms with Crippen LogP contribution in [0.15, 0.2) is 35.0 Å². The summed E-state index contributed by atoms with van der Waals surface area (Å²) in [7, 11) is 3.03. The van der Waals surface area contributed by atoms with E-state index in [9.17, 15) is 9.59 Å². The number of methoxy groups -OCH3 is 2. The molecule has 7 heteroatoms. The van der Waals surface area contributed by atoms with Crippen molar-refractivity contribution in [1.82, 2.24) is 5.32 Å². The molecule has 0 saturated carbocycles. The number of carbonyl (C=O) groups excluding carboxylic acids is 2. The summed E-state index contributed by atoms with van der Waals surface area (Å²) in [6, 6.07) is 6.04. The van der Waals surface area contributed by atoms with Crippen molar-refractivity contribution in [3.8, 4) is 11.5 Å². The number of amides is 2. The van der Waals surface area contributed by atoms with Gasteiger partial charge in [-0.25, -0.2) is 0 Å². The van der Waals surface area contributed by atoms with Crippen LogP contribution >= 0.6 is 11.3 Å². The van der Waals surface area contributed by atoms with Crippen LogP contribution in [0, 0.1) is 5.92 Å². The lowest BCUT2D eigenvalue weighted by atomic mass is 10.0. The van der Waals surface area contributed by atoms with Gasteiger partial charge in [-0.2, -0.15) is 11.3 Å². The Bertz CT molecular complexity index is 706. The third kappa shape index (κ3) is 4.96. The predicted molar refractivity (Wildman–Crippen MR) is 98.6 cm³/mol. The van der Waals surface area contributed by atoms with Gasteiger partial charge in [0.2, 0.25) is 5.91 Å². The van der Waals surface area contributed by atoms with Crippen molar-refractivity contribution in [2.45, 2.75) is 19.9 Å². The fourth-order valence-electron chi connectivity index (χ4n) is 2.25. The quantitative estimate of drug-likeness (QED) is 0.793. The number of carbonyl (C=O) groups is 2. The highest BCUT2D eigenvalue weighted by Crippen LogP contribution is 2.23. The lowest BCUT2D eigenvalue weighted by Crippen LogP contribution is -2.47. The number of nitrogens with one attached hydrogen (secondary N) is 2. The maximum atomic E-state index is 12.6. The number of ether oxygens (including phenoxy) is 2. The molecule has 0 aliphatic carbocycles. The summed E-state index contributed by atoms with van der Waals surface area (Å²) in [5.41, 5.74) is 1.09. The average molecular weight is 362 g/mol. The van der Waals surface area contributed by atoms with Gasteiger partial charge in [0.25, 0.3) is 5.91 Å². The predicted octanol–water partition coefficient (Wildman–Crippen LogP) is 3.16. The van der Waals surface area contributed by atoms with Gasteiger partial charge in [-0.15, -0.1) is 0 Å². The molecule has 0 aliphatic heterocycles. The lowest BCUT2D eigenvalue weighted by molar-refractivity contribution is -0.118. The molecule has 1 aromatic heterocycles. The van der Waals surface area contributed by atoms with Crippen molar-refractivity contribution in [2.75, 3.05) is 19.5 Å². The third-order valence-corrected chi connectivity index (χ3v) is 4.32. The van der Waals surface area contributed by atoms with E-state index in [0.717, 1.165) is 5.69 Å². The molecular weight excluding hydrogens is 340 g/mol. The maximum Gasteiger partial charge on any atom is 0.252 e. The van der Waals surface area contributed by atoms with Crippen LogP contribution in [0.1, 0.15) is 24.2 Å². The molecule has 1 atom stereocenters. The summed E-state index contributed by atoms with van der Waals surface area (Å²) in [4.78, 5) is 25.1. The number of hydrogen-bond acceptors (Lipinski definition) is 5. The zero-order valence-corrected chi connectivity index (χ0v) is 15.5. The van der Waals surface area contributed by atoms with Gasteiger partial charge in [-0.05, 0) is 29.5 Å². The zero-order valence-electron chi connectivity index (χ0n) is 14.7.